The van der Waals surface area contributed by atoms with Gasteiger partial charge in [0.05, 0.1) is 0 Å². The van der Waals surface area contributed by atoms with Crippen LogP contribution >= 0.6 is 0 Å². The third-order valence-electron chi connectivity index (χ3n) is 8.29. The molecule has 3 aliphatic carbocycles. The number of hydrogen-bond acceptors (Lipinski definition) is 3. The predicted octanol–water partition coefficient (Wildman–Crippen LogP) is 2.78. The molecule has 5 aliphatic rings. The van der Waals surface area contributed by atoms with Gasteiger partial charge in [0.2, 0.25) is 0 Å². The molecule has 5 rings (SSSR count). The van der Waals surface area contributed by atoms with E-state index < -0.39 is 5.67 Å². The highest BCUT2D eigenvalue weighted by Gasteiger charge is 2.62. The zero-order valence-corrected chi connectivity index (χ0v) is 17.0. The molecule has 2 saturated heterocycles. The molecule has 2 aliphatic heterocycles. The molecule has 2 amide bonds. The molecule has 5 fully saturated rings. The van der Waals surface area contributed by atoms with E-state index in [2.05, 4.69) is 0 Å². The number of nitrogens with zero attached hydrogens (tertiary/aromatic N) is 2. The second kappa shape index (κ2) is 6.68. The lowest BCUT2D eigenvalue weighted by Crippen LogP contribution is -2.63. The fraction of sp³-hybridized carbons (Fsp3) is 0.909. The van der Waals surface area contributed by atoms with E-state index in [-0.39, 0.29) is 23.3 Å². The minimum atomic E-state index is -1.60. The van der Waals surface area contributed by atoms with E-state index in [1.807, 2.05) is 4.90 Å². The fourth-order valence-electron chi connectivity index (χ4n) is 6.25. The highest BCUT2D eigenvalue weighted by atomic mass is 19.1. The molecule has 0 radical (unpaired) electrons. The van der Waals surface area contributed by atoms with Crippen molar-refractivity contribution >= 4 is 11.8 Å². The van der Waals surface area contributed by atoms with Crippen LogP contribution in [0.5, 0.6) is 0 Å². The van der Waals surface area contributed by atoms with Crippen LogP contribution in [0.3, 0.4) is 0 Å². The number of methoxy groups -OCH3 is 1. The van der Waals surface area contributed by atoms with Gasteiger partial charge in [-0.2, -0.15) is 0 Å². The van der Waals surface area contributed by atoms with Gasteiger partial charge in [0.15, 0.2) is 5.67 Å². The first-order valence-electron chi connectivity index (χ1n) is 11.2. The van der Waals surface area contributed by atoms with Crippen molar-refractivity contribution in [3.05, 3.63) is 0 Å². The zero-order chi connectivity index (χ0) is 19.5. The number of ether oxygens (including phenoxy) is 1. The Kier molecular flexibility index (Phi) is 4.49. The molecule has 0 N–H and O–H groups in total. The molecule has 0 aromatic rings. The quantitative estimate of drug-likeness (QED) is 0.723. The minimum absolute atomic E-state index is 0.132. The molecule has 3 saturated carbocycles. The Morgan fingerprint density at radius 2 is 1.68 bits per heavy atom. The second-order valence-corrected chi connectivity index (χ2v) is 10.3. The average molecular weight is 393 g/mol. The lowest BCUT2D eigenvalue weighted by molar-refractivity contribution is -0.175. The van der Waals surface area contributed by atoms with E-state index >= 15 is 4.39 Å². The summed E-state index contributed by atoms with van der Waals surface area (Å²) in [5.74, 6) is 1.11. The summed E-state index contributed by atoms with van der Waals surface area (Å²) in [6, 6.07) is 0. The topological polar surface area (TPSA) is 49.9 Å². The average Bonchev–Trinajstić information content (AvgIpc) is 3.41. The normalized spacial score (nSPS) is 32.3. The monoisotopic (exact) mass is 392 g/mol. The maximum absolute atomic E-state index is 15.1. The van der Waals surface area contributed by atoms with Crippen LogP contribution in [-0.4, -0.2) is 66.7 Å². The molecule has 0 aromatic carbocycles. The Morgan fingerprint density at radius 3 is 2.25 bits per heavy atom. The van der Waals surface area contributed by atoms with Crippen molar-refractivity contribution in [1.29, 1.82) is 0 Å². The molecule has 6 heteroatoms. The van der Waals surface area contributed by atoms with Gasteiger partial charge in [-0.3, -0.25) is 9.59 Å². The Morgan fingerprint density at radius 1 is 1.00 bits per heavy atom. The minimum Gasteiger partial charge on any atom is -0.371 e. The van der Waals surface area contributed by atoms with E-state index in [1.54, 1.807) is 12.0 Å². The maximum Gasteiger partial charge on any atom is 0.260 e. The molecule has 2 atom stereocenters. The Labute approximate surface area is 166 Å². The van der Waals surface area contributed by atoms with E-state index in [4.69, 9.17) is 4.74 Å². The summed E-state index contributed by atoms with van der Waals surface area (Å²) in [7, 11) is 1.63. The van der Waals surface area contributed by atoms with Crippen LogP contribution in [0.4, 0.5) is 4.39 Å². The lowest BCUT2D eigenvalue weighted by atomic mass is 9.50. The summed E-state index contributed by atoms with van der Waals surface area (Å²) in [5.41, 5.74) is -1.44. The summed E-state index contributed by atoms with van der Waals surface area (Å²) >= 11 is 0. The lowest BCUT2D eigenvalue weighted by Gasteiger charge is -2.57. The van der Waals surface area contributed by atoms with E-state index in [0.717, 1.165) is 51.6 Å². The molecule has 2 heterocycles. The summed E-state index contributed by atoms with van der Waals surface area (Å²) < 4.78 is 20.6. The van der Waals surface area contributed by atoms with Crippen LogP contribution in [0.15, 0.2) is 0 Å². The molecule has 156 valence electrons. The first-order valence-corrected chi connectivity index (χ1v) is 11.2. The van der Waals surface area contributed by atoms with Crippen molar-refractivity contribution in [3.8, 4) is 0 Å². The number of halogens is 1. The van der Waals surface area contributed by atoms with Crippen LogP contribution < -0.4 is 0 Å². The molecule has 0 bridgehead atoms. The molecule has 2 unspecified atom stereocenters. The largest absolute Gasteiger partial charge is 0.371 e. The van der Waals surface area contributed by atoms with Crippen LogP contribution in [0.2, 0.25) is 0 Å². The van der Waals surface area contributed by atoms with E-state index in [0.29, 0.717) is 43.7 Å². The first-order chi connectivity index (χ1) is 13.4. The Bertz CT molecular complexity index is 646. The third-order valence-corrected chi connectivity index (χ3v) is 8.29. The molecule has 1 spiro atoms. The highest BCUT2D eigenvalue weighted by Crippen LogP contribution is 2.62. The van der Waals surface area contributed by atoms with Crippen LogP contribution in [-0.2, 0) is 14.3 Å². The van der Waals surface area contributed by atoms with Gasteiger partial charge in [0.1, 0.15) is 6.10 Å². The Balaban J connectivity index is 1.13. The fourth-order valence-corrected chi connectivity index (χ4v) is 6.25. The number of hydrogen-bond donors (Lipinski definition) is 0. The highest BCUT2D eigenvalue weighted by molar-refractivity contribution is 5.87. The molecule has 28 heavy (non-hydrogen) atoms. The second-order valence-electron chi connectivity index (χ2n) is 10.3. The SMILES string of the molecule is COC(C(=O)N1CC(C2CCCN(C(=O)C3(F)CC4(CCC4)C3)C2)C1)C1CC1. The van der Waals surface area contributed by atoms with Crippen molar-refractivity contribution in [1.82, 2.24) is 9.80 Å². The van der Waals surface area contributed by atoms with Crippen molar-refractivity contribution in [2.24, 2.45) is 23.2 Å². The van der Waals surface area contributed by atoms with Crippen LogP contribution in [0.25, 0.3) is 0 Å². The van der Waals surface area contributed by atoms with Gasteiger partial charge in [-0.25, -0.2) is 4.39 Å². The number of amides is 2. The predicted molar refractivity (Wildman–Crippen MR) is 102 cm³/mol. The van der Waals surface area contributed by atoms with Crippen molar-refractivity contribution in [2.45, 2.75) is 69.6 Å². The third kappa shape index (κ3) is 3.06. The number of alkyl halides is 1. The van der Waals surface area contributed by atoms with Gasteiger partial charge in [0, 0.05) is 33.3 Å². The molecule has 5 nitrogen and oxygen atoms in total. The molecular formula is C22H33FN2O3. The van der Waals surface area contributed by atoms with Gasteiger partial charge < -0.3 is 14.5 Å². The number of rotatable bonds is 5. The van der Waals surface area contributed by atoms with Gasteiger partial charge in [0.25, 0.3) is 11.8 Å². The van der Waals surface area contributed by atoms with Gasteiger partial charge in [-0.1, -0.05) is 6.42 Å². The summed E-state index contributed by atoms with van der Waals surface area (Å²) in [6.45, 7) is 2.89. The maximum atomic E-state index is 15.1. The van der Waals surface area contributed by atoms with E-state index in [1.165, 1.54) is 6.42 Å². The number of carbonyl (C=O) groups excluding carboxylic acids is 2. The number of carbonyl (C=O) groups is 2. The smallest absolute Gasteiger partial charge is 0.260 e. The van der Waals surface area contributed by atoms with Crippen molar-refractivity contribution in [2.75, 3.05) is 33.3 Å². The van der Waals surface area contributed by atoms with Crippen LogP contribution in [0.1, 0.15) is 57.8 Å². The van der Waals surface area contributed by atoms with Crippen molar-refractivity contribution in [3.63, 3.8) is 0 Å². The van der Waals surface area contributed by atoms with Crippen molar-refractivity contribution < 1.29 is 18.7 Å². The molecule has 0 aromatic heterocycles. The van der Waals surface area contributed by atoms with Crippen LogP contribution in [0, 0.1) is 23.2 Å². The van der Waals surface area contributed by atoms with Gasteiger partial charge in [-0.15, -0.1) is 0 Å². The summed E-state index contributed by atoms with van der Waals surface area (Å²) in [4.78, 5) is 29.2. The zero-order valence-electron chi connectivity index (χ0n) is 17.0. The van der Waals surface area contributed by atoms with Gasteiger partial charge >= 0.3 is 0 Å². The molecular weight excluding hydrogens is 359 g/mol. The number of piperidine rings is 1. The van der Waals surface area contributed by atoms with E-state index in [9.17, 15) is 9.59 Å². The standard InChI is InChI=1S/C22H33FN2O3/c1-28-18(15-5-6-15)19(26)25-11-17(12-25)16-4-2-9-24(10-16)20(27)22(23)13-21(14-22)7-3-8-21/h15-18H,2-14H2,1H3. The summed E-state index contributed by atoms with van der Waals surface area (Å²) in [5, 5.41) is 0. The Hall–Kier alpha value is -1.17. The van der Waals surface area contributed by atoms with Gasteiger partial charge in [-0.05, 0) is 74.5 Å². The first kappa shape index (κ1) is 18.8. The summed E-state index contributed by atoms with van der Waals surface area (Å²) in [6.07, 6.45) is 8.23. The number of likely N-dealkylation sites (tertiary alicyclic amines) is 2.